The molecule has 0 saturated heterocycles. The lowest BCUT2D eigenvalue weighted by Crippen LogP contribution is -2.07. The van der Waals surface area contributed by atoms with E-state index in [0.717, 1.165) is 30.2 Å². The number of Topliss-reactive ketones (excluding diaryl/α,β-unsaturated/α-hetero) is 1. The van der Waals surface area contributed by atoms with Crippen LogP contribution < -0.4 is 0 Å². The highest BCUT2D eigenvalue weighted by atomic mass is 16.4. The molecule has 0 aliphatic rings. The maximum absolute atomic E-state index is 12.3. The first kappa shape index (κ1) is 14.3. The minimum atomic E-state index is -0.919. The fourth-order valence-electron chi connectivity index (χ4n) is 2.43. The van der Waals surface area contributed by atoms with Gasteiger partial charge in [0.25, 0.3) is 0 Å². The molecule has 0 saturated carbocycles. The van der Waals surface area contributed by atoms with Crippen molar-refractivity contribution in [3.8, 4) is 0 Å². The molecule has 20 heavy (non-hydrogen) atoms. The fourth-order valence-corrected chi connectivity index (χ4v) is 2.43. The van der Waals surface area contributed by atoms with Crippen LogP contribution in [0.2, 0.25) is 0 Å². The Morgan fingerprint density at radius 2 is 1.95 bits per heavy atom. The van der Waals surface area contributed by atoms with Gasteiger partial charge in [-0.05, 0) is 18.1 Å². The number of carboxylic acid groups (broad SMARTS) is 1. The van der Waals surface area contributed by atoms with E-state index >= 15 is 0 Å². The quantitative estimate of drug-likeness (QED) is 0.598. The van der Waals surface area contributed by atoms with Crippen LogP contribution in [0.5, 0.6) is 0 Å². The van der Waals surface area contributed by atoms with Crippen LogP contribution in [0.1, 0.15) is 48.7 Å². The number of ketones is 1. The third-order valence-corrected chi connectivity index (χ3v) is 3.43. The molecule has 4 heteroatoms. The average molecular weight is 273 g/mol. The molecule has 2 aromatic rings. The van der Waals surface area contributed by atoms with Crippen molar-refractivity contribution in [2.45, 2.75) is 39.0 Å². The molecule has 0 aliphatic carbocycles. The van der Waals surface area contributed by atoms with E-state index < -0.39 is 5.97 Å². The number of H-pyrrole nitrogens is 1. The summed E-state index contributed by atoms with van der Waals surface area (Å²) in [6, 6.07) is 7.44. The van der Waals surface area contributed by atoms with Crippen molar-refractivity contribution in [2.24, 2.45) is 0 Å². The maximum atomic E-state index is 12.3. The van der Waals surface area contributed by atoms with Gasteiger partial charge in [0.15, 0.2) is 5.78 Å². The third-order valence-electron chi connectivity index (χ3n) is 3.43. The predicted molar refractivity (Wildman–Crippen MR) is 78.1 cm³/mol. The average Bonchev–Trinajstić information content (AvgIpc) is 2.77. The number of carbonyl (C=O) groups excluding carboxylic acids is 1. The minimum absolute atomic E-state index is 0.00546. The van der Waals surface area contributed by atoms with Crippen molar-refractivity contribution in [3.63, 3.8) is 0 Å². The molecule has 1 aromatic carbocycles. The van der Waals surface area contributed by atoms with Gasteiger partial charge < -0.3 is 10.1 Å². The molecule has 2 N–H and O–H groups in total. The van der Waals surface area contributed by atoms with Crippen LogP contribution in [0, 0.1) is 0 Å². The van der Waals surface area contributed by atoms with E-state index in [1.54, 1.807) is 0 Å². The molecular formula is C16H19NO3. The van der Waals surface area contributed by atoms with Gasteiger partial charge in [0.2, 0.25) is 0 Å². The Labute approximate surface area is 117 Å². The van der Waals surface area contributed by atoms with Crippen LogP contribution in [0.15, 0.2) is 24.3 Å². The van der Waals surface area contributed by atoms with E-state index in [0.29, 0.717) is 17.7 Å². The highest BCUT2D eigenvalue weighted by Crippen LogP contribution is 2.24. The number of para-hydroxylation sites is 1. The van der Waals surface area contributed by atoms with Gasteiger partial charge in [-0.3, -0.25) is 9.59 Å². The van der Waals surface area contributed by atoms with Crippen LogP contribution in [0.4, 0.5) is 0 Å². The second-order valence-corrected chi connectivity index (χ2v) is 4.97. The van der Waals surface area contributed by atoms with E-state index in [1.807, 2.05) is 24.3 Å². The van der Waals surface area contributed by atoms with Gasteiger partial charge in [0.1, 0.15) is 0 Å². The number of aliphatic carboxylic acids is 1. The molecule has 4 nitrogen and oxygen atoms in total. The Morgan fingerprint density at radius 1 is 1.20 bits per heavy atom. The Hall–Kier alpha value is -2.10. The summed E-state index contributed by atoms with van der Waals surface area (Å²) in [6.07, 6.45) is 3.26. The minimum Gasteiger partial charge on any atom is -0.481 e. The summed E-state index contributed by atoms with van der Waals surface area (Å²) >= 11 is 0. The fraction of sp³-hybridized carbons (Fsp3) is 0.375. The van der Waals surface area contributed by atoms with Gasteiger partial charge in [0, 0.05) is 17.3 Å². The van der Waals surface area contributed by atoms with Gasteiger partial charge in [-0.25, -0.2) is 0 Å². The zero-order chi connectivity index (χ0) is 14.5. The Bertz CT molecular complexity index is 628. The van der Waals surface area contributed by atoms with Gasteiger partial charge in [0.05, 0.1) is 12.1 Å². The number of nitrogens with one attached hydrogen (secondary N) is 1. The number of rotatable bonds is 7. The molecule has 0 aliphatic heterocycles. The maximum Gasteiger partial charge on any atom is 0.307 e. The molecular weight excluding hydrogens is 254 g/mol. The molecule has 106 valence electrons. The van der Waals surface area contributed by atoms with Crippen molar-refractivity contribution >= 4 is 22.7 Å². The number of carboxylic acids is 1. The molecule has 0 bridgehead atoms. The van der Waals surface area contributed by atoms with E-state index in [2.05, 4.69) is 11.9 Å². The standard InChI is InChI=1S/C16H19NO3/c1-2-3-4-9-14(18)16-12(10-15(19)20)11-7-5-6-8-13(11)17-16/h5-8,17H,2-4,9-10H2,1H3,(H,19,20). The monoisotopic (exact) mass is 273 g/mol. The number of hydrogen-bond donors (Lipinski definition) is 2. The molecule has 0 atom stereocenters. The second kappa shape index (κ2) is 6.37. The van der Waals surface area contributed by atoms with Crippen molar-refractivity contribution in [1.82, 2.24) is 4.98 Å². The van der Waals surface area contributed by atoms with E-state index in [9.17, 15) is 9.59 Å². The highest BCUT2D eigenvalue weighted by molar-refractivity contribution is 6.03. The molecule has 2 rings (SSSR count). The van der Waals surface area contributed by atoms with E-state index in [-0.39, 0.29) is 12.2 Å². The number of hydrogen-bond acceptors (Lipinski definition) is 2. The SMILES string of the molecule is CCCCCC(=O)c1[nH]c2ccccc2c1CC(=O)O. The van der Waals surface area contributed by atoms with Crippen LogP contribution in [-0.4, -0.2) is 21.8 Å². The lowest BCUT2D eigenvalue weighted by Gasteiger charge is -2.02. The number of aromatic nitrogens is 1. The summed E-state index contributed by atoms with van der Waals surface area (Å²) in [5, 5.41) is 9.87. The van der Waals surface area contributed by atoms with Gasteiger partial charge in [-0.2, -0.15) is 0 Å². The zero-order valence-corrected chi connectivity index (χ0v) is 11.6. The number of unbranched alkanes of at least 4 members (excludes halogenated alkanes) is 2. The predicted octanol–water partition coefficient (Wildman–Crippen LogP) is 3.56. The molecule has 0 amide bonds. The van der Waals surface area contributed by atoms with Crippen LogP contribution in [0.25, 0.3) is 10.9 Å². The summed E-state index contributed by atoms with van der Waals surface area (Å²) in [7, 11) is 0. The van der Waals surface area contributed by atoms with Crippen molar-refractivity contribution < 1.29 is 14.7 Å². The van der Waals surface area contributed by atoms with E-state index in [1.165, 1.54) is 0 Å². The normalized spacial score (nSPS) is 10.8. The van der Waals surface area contributed by atoms with Crippen LogP contribution in [-0.2, 0) is 11.2 Å². The summed E-state index contributed by atoms with van der Waals surface area (Å²) in [5.41, 5.74) is 1.89. The molecule has 0 radical (unpaired) electrons. The summed E-state index contributed by atoms with van der Waals surface area (Å²) < 4.78 is 0. The van der Waals surface area contributed by atoms with Gasteiger partial charge in [-0.1, -0.05) is 38.0 Å². The Kier molecular flexibility index (Phi) is 4.56. The van der Waals surface area contributed by atoms with E-state index in [4.69, 9.17) is 5.11 Å². The molecule has 0 fully saturated rings. The van der Waals surface area contributed by atoms with Gasteiger partial charge in [-0.15, -0.1) is 0 Å². The van der Waals surface area contributed by atoms with Crippen molar-refractivity contribution in [3.05, 3.63) is 35.5 Å². The molecule has 0 unspecified atom stereocenters. The Morgan fingerprint density at radius 3 is 2.65 bits per heavy atom. The highest BCUT2D eigenvalue weighted by Gasteiger charge is 2.19. The van der Waals surface area contributed by atoms with Crippen molar-refractivity contribution in [1.29, 1.82) is 0 Å². The molecule has 1 heterocycles. The number of carbonyl (C=O) groups is 2. The lowest BCUT2D eigenvalue weighted by atomic mass is 10.0. The number of fused-ring (bicyclic) bond motifs is 1. The number of benzene rings is 1. The Balaban J connectivity index is 2.35. The largest absolute Gasteiger partial charge is 0.481 e. The molecule has 0 spiro atoms. The van der Waals surface area contributed by atoms with Gasteiger partial charge >= 0.3 is 5.97 Å². The summed E-state index contributed by atoms with van der Waals surface area (Å²) in [6.45, 7) is 2.09. The summed E-state index contributed by atoms with van der Waals surface area (Å²) in [5.74, 6) is -0.914. The van der Waals surface area contributed by atoms with Crippen molar-refractivity contribution in [2.75, 3.05) is 0 Å². The molecule has 1 aromatic heterocycles. The summed E-state index contributed by atoms with van der Waals surface area (Å²) in [4.78, 5) is 26.4. The van der Waals surface area contributed by atoms with Crippen LogP contribution >= 0.6 is 0 Å². The zero-order valence-electron chi connectivity index (χ0n) is 11.6. The first-order valence-corrected chi connectivity index (χ1v) is 6.98. The number of aromatic amines is 1. The first-order chi connectivity index (χ1) is 9.63. The third kappa shape index (κ3) is 3.07. The topological polar surface area (TPSA) is 70.2 Å². The second-order valence-electron chi connectivity index (χ2n) is 4.97. The smallest absolute Gasteiger partial charge is 0.307 e. The lowest BCUT2D eigenvalue weighted by molar-refractivity contribution is -0.136. The first-order valence-electron chi connectivity index (χ1n) is 6.98. The van der Waals surface area contributed by atoms with Crippen LogP contribution in [0.3, 0.4) is 0 Å².